The minimum absolute atomic E-state index is 0.00220. The minimum atomic E-state index is 0.00220. The van der Waals surface area contributed by atoms with E-state index in [1.54, 1.807) is 6.92 Å². The molecule has 2 saturated heterocycles. The average molecular weight is 329 g/mol. The number of benzene rings is 1. The Kier molecular flexibility index (Phi) is 5.38. The SMILES string of the molecule is CC(=O)N1CCC(C(=O)Nc2ccc(N3CCCCC3)cc2)CC1. The van der Waals surface area contributed by atoms with Gasteiger partial charge < -0.3 is 15.1 Å². The highest BCUT2D eigenvalue weighted by molar-refractivity contribution is 5.92. The van der Waals surface area contributed by atoms with Crippen molar-refractivity contribution in [2.45, 2.75) is 39.0 Å². The van der Waals surface area contributed by atoms with Gasteiger partial charge in [0.15, 0.2) is 0 Å². The number of piperidine rings is 2. The van der Waals surface area contributed by atoms with Crippen LogP contribution < -0.4 is 10.2 Å². The van der Waals surface area contributed by atoms with E-state index < -0.39 is 0 Å². The van der Waals surface area contributed by atoms with E-state index >= 15 is 0 Å². The molecule has 1 N–H and O–H groups in total. The maximum Gasteiger partial charge on any atom is 0.227 e. The van der Waals surface area contributed by atoms with E-state index in [0.29, 0.717) is 13.1 Å². The van der Waals surface area contributed by atoms with Gasteiger partial charge in [-0.2, -0.15) is 0 Å². The molecule has 0 spiro atoms. The second-order valence-electron chi connectivity index (χ2n) is 6.86. The van der Waals surface area contributed by atoms with E-state index in [2.05, 4.69) is 22.3 Å². The van der Waals surface area contributed by atoms with Gasteiger partial charge in [0.2, 0.25) is 11.8 Å². The fourth-order valence-corrected chi connectivity index (χ4v) is 3.61. The van der Waals surface area contributed by atoms with Crippen molar-refractivity contribution < 1.29 is 9.59 Å². The summed E-state index contributed by atoms with van der Waals surface area (Å²) >= 11 is 0. The summed E-state index contributed by atoms with van der Waals surface area (Å²) in [5.74, 6) is 0.174. The Morgan fingerprint density at radius 1 is 0.958 bits per heavy atom. The Morgan fingerprint density at radius 2 is 1.58 bits per heavy atom. The topological polar surface area (TPSA) is 52.7 Å². The first-order valence-corrected chi connectivity index (χ1v) is 9.05. The molecule has 0 radical (unpaired) electrons. The summed E-state index contributed by atoms with van der Waals surface area (Å²) in [6, 6.07) is 8.18. The first-order chi connectivity index (χ1) is 11.6. The van der Waals surface area contributed by atoms with Gasteiger partial charge in [0.05, 0.1) is 0 Å². The standard InChI is InChI=1S/C19H27N3O2/c1-15(23)21-13-9-16(10-14-21)19(24)20-17-5-7-18(8-6-17)22-11-3-2-4-12-22/h5-8,16H,2-4,9-14H2,1H3,(H,20,24). The van der Waals surface area contributed by atoms with Crippen LogP contribution in [0.4, 0.5) is 11.4 Å². The summed E-state index contributed by atoms with van der Waals surface area (Å²) in [5.41, 5.74) is 2.09. The van der Waals surface area contributed by atoms with Crippen molar-refractivity contribution in [2.75, 3.05) is 36.4 Å². The Bertz CT molecular complexity index is 571. The van der Waals surface area contributed by atoms with Crippen molar-refractivity contribution in [2.24, 2.45) is 5.92 Å². The van der Waals surface area contributed by atoms with Crippen LogP contribution in [0.15, 0.2) is 24.3 Å². The lowest BCUT2D eigenvalue weighted by atomic mass is 9.96. The molecule has 2 aliphatic rings. The molecule has 2 aliphatic heterocycles. The predicted octanol–water partition coefficient (Wildman–Crippen LogP) is 2.87. The Morgan fingerprint density at radius 3 is 2.17 bits per heavy atom. The predicted molar refractivity (Wildman–Crippen MR) is 96.1 cm³/mol. The van der Waals surface area contributed by atoms with Crippen LogP contribution in [-0.2, 0) is 9.59 Å². The fraction of sp³-hybridized carbons (Fsp3) is 0.579. The van der Waals surface area contributed by atoms with Crippen LogP contribution in [0.2, 0.25) is 0 Å². The molecule has 130 valence electrons. The molecule has 3 rings (SSSR count). The molecular formula is C19H27N3O2. The number of nitrogens with zero attached hydrogens (tertiary/aromatic N) is 2. The summed E-state index contributed by atoms with van der Waals surface area (Å²) in [7, 11) is 0. The van der Waals surface area contributed by atoms with E-state index in [-0.39, 0.29) is 17.7 Å². The van der Waals surface area contributed by atoms with E-state index in [1.165, 1.54) is 24.9 Å². The Balaban J connectivity index is 1.52. The fourth-order valence-electron chi connectivity index (χ4n) is 3.61. The number of amides is 2. The molecular weight excluding hydrogens is 302 g/mol. The number of hydrogen-bond donors (Lipinski definition) is 1. The highest BCUT2D eigenvalue weighted by Crippen LogP contribution is 2.23. The average Bonchev–Trinajstić information content (AvgIpc) is 2.63. The van der Waals surface area contributed by atoms with Crippen molar-refractivity contribution in [1.29, 1.82) is 0 Å². The summed E-state index contributed by atoms with van der Waals surface area (Å²) in [6.07, 6.45) is 5.34. The van der Waals surface area contributed by atoms with Gasteiger partial charge in [0.1, 0.15) is 0 Å². The zero-order valence-electron chi connectivity index (χ0n) is 14.5. The van der Waals surface area contributed by atoms with Gasteiger partial charge in [0.25, 0.3) is 0 Å². The number of anilines is 2. The second-order valence-corrected chi connectivity index (χ2v) is 6.86. The van der Waals surface area contributed by atoms with Gasteiger partial charge in [0, 0.05) is 50.4 Å². The van der Waals surface area contributed by atoms with Crippen molar-refractivity contribution in [3.8, 4) is 0 Å². The van der Waals surface area contributed by atoms with E-state index in [4.69, 9.17) is 0 Å². The molecule has 0 unspecified atom stereocenters. The van der Waals surface area contributed by atoms with E-state index in [0.717, 1.165) is 31.6 Å². The maximum absolute atomic E-state index is 12.4. The minimum Gasteiger partial charge on any atom is -0.372 e. The number of rotatable bonds is 3. The smallest absolute Gasteiger partial charge is 0.227 e. The molecule has 2 fully saturated rings. The second kappa shape index (κ2) is 7.69. The molecule has 0 aromatic heterocycles. The highest BCUT2D eigenvalue weighted by atomic mass is 16.2. The van der Waals surface area contributed by atoms with Gasteiger partial charge in [-0.1, -0.05) is 0 Å². The molecule has 5 nitrogen and oxygen atoms in total. The Hall–Kier alpha value is -2.04. The number of carbonyl (C=O) groups is 2. The molecule has 0 atom stereocenters. The highest BCUT2D eigenvalue weighted by Gasteiger charge is 2.26. The van der Waals surface area contributed by atoms with Crippen LogP contribution >= 0.6 is 0 Å². The molecule has 5 heteroatoms. The number of likely N-dealkylation sites (tertiary alicyclic amines) is 1. The third-order valence-corrected chi connectivity index (χ3v) is 5.17. The largest absolute Gasteiger partial charge is 0.372 e. The normalized spacial score (nSPS) is 19.2. The summed E-state index contributed by atoms with van der Waals surface area (Å²) < 4.78 is 0. The van der Waals surface area contributed by atoms with Crippen molar-refractivity contribution in [3.05, 3.63) is 24.3 Å². The van der Waals surface area contributed by atoms with E-state index in [9.17, 15) is 9.59 Å². The zero-order valence-corrected chi connectivity index (χ0v) is 14.5. The Labute approximate surface area is 144 Å². The summed E-state index contributed by atoms with van der Waals surface area (Å²) in [4.78, 5) is 28.0. The molecule has 1 aromatic carbocycles. The van der Waals surface area contributed by atoms with Crippen LogP contribution in [0, 0.1) is 5.92 Å². The monoisotopic (exact) mass is 329 g/mol. The van der Waals surface area contributed by atoms with Crippen LogP contribution in [0.3, 0.4) is 0 Å². The van der Waals surface area contributed by atoms with Gasteiger partial charge in [-0.05, 0) is 56.4 Å². The molecule has 24 heavy (non-hydrogen) atoms. The van der Waals surface area contributed by atoms with Gasteiger partial charge in [-0.3, -0.25) is 9.59 Å². The van der Waals surface area contributed by atoms with Crippen LogP contribution in [0.5, 0.6) is 0 Å². The molecule has 2 amide bonds. The van der Waals surface area contributed by atoms with Gasteiger partial charge in [-0.25, -0.2) is 0 Å². The van der Waals surface area contributed by atoms with Crippen LogP contribution in [-0.4, -0.2) is 42.9 Å². The number of hydrogen-bond acceptors (Lipinski definition) is 3. The molecule has 0 aliphatic carbocycles. The van der Waals surface area contributed by atoms with Crippen LogP contribution in [0.1, 0.15) is 39.0 Å². The van der Waals surface area contributed by atoms with Crippen molar-refractivity contribution in [1.82, 2.24) is 4.90 Å². The quantitative estimate of drug-likeness (QED) is 0.928. The lowest BCUT2D eigenvalue weighted by molar-refractivity contribution is -0.132. The van der Waals surface area contributed by atoms with E-state index in [1.807, 2.05) is 17.0 Å². The maximum atomic E-state index is 12.4. The van der Waals surface area contributed by atoms with Gasteiger partial charge >= 0.3 is 0 Å². The summed E-state index contributed by atoms with van der Waals surface area (Å²) in [6.45, 7) is 5.20. The first-order valence-electron chi connectivity index (χ1n) is 9.05. The third-order valence-electron chi connectivity index (χ3n) is 5.17. The molecule has 1 aromatic rings. The van der Waals surface area contributed by atoms with Gasteiger partial charge in [-0.15, -0.1) is 0 Å². The molecule has 2 heterocycles. The number of nitrogens with one attached hydrogen (secondary N) is 1. The molecule has 0 saturated carbocycles. The summed E-state index contributed by atoms with van der Waals surface area (Å²) in [5, 5.41) is 3.02. The third kappa shape index (κ3) is 4.08. The van der Waals surface area contributed by atoms with Crippen molar-refractivity contribution >= 4 is 23.2 Å². The zero-order chi connectivity index (χ0) is 16.9. The first kappa shape index (κ1) is 16.8. The lowest BCUT2D eigenvalue weighted by Crippen LogP contribution is -2.40. The van der Waals surface area contributed by atoms with Crippen molar-refractivity contribution in [3.63, 3.8) is 0 Å². The lowest BCUT2D eigenvalue weighted by Gasteiger charge is -2.30. The van der Waals surface area contributed by atoms with Crippen LogP contribution in [0.25, 0.3) is 0 Å². The molecule has 0 bridgehead atoms. The number of carbonyl (C=O) groups excluding carboxylic acids is 2.